The molecule has 11 heteroatoms. The molecule has 0 atom stereocenters. The Labute approximate surface area is 183 Å². The Bertz CT molecular complexity index is 1400. The van der Waals surface area contributed by atoms with E-state index in [1.165, 1.54) is 6.07 Å². The predicted molar refractivity (Wildman–Crippen MR) is 116 cm³/mol. The third kappa shape index (κ3) is 4.57. The van der Waals surface area contributed by atoms with Crippen molar-refractivity contribution in [2.75, 3.05) is 5.32 Å². The minimum absolute atomic E-state index is 0.0229. The molecule has 0 aliphatic carbocycles. The Balaban J connectivity index is 1.45. The third-order valence-electron chi connectivity index (χ3n) is 4.58. The fraction of sp³-hybridized carbons (Fsp3) is 0.143. The van der Waals surface area contributed by atoms with Gasteiger partial charge in [-0.1, -0.05) is 24.3 Å². The first-order valence-corrected chi connectivity index (χ1v) is 10.3. The van der Waals surface area contributed by atoms with E-state index in [2.05, 4.69) is 20.1 Å². The molecule has 0 radical (unpaired) electrons. The van der Waals surface area contributed by atoms with Crippen LogP contribution in [0.3, 0.4) is 0 Å². The van der Waals surface area contributed by atoms with Gasteiger partial charge < -0.3 is 10.1 Å². The van der Waals surface area contributed by atoms with E-state index in [4.69, 9.17) is 0 Å². The average Bonchev–Trinajstić information content (AvgIpc) is 3.23. The van der Waals surface area contributed by atoms with Crippen LogP contribution in [0.5, 0.6) is 5.75 Å². The normalized spacial score (nSPS) is 11.1. The van der Waals surface area contributed by atoms with Gasteiger partial charge in [0, 0.05) is 17.4 Å². The summed E-state index contributed by atoms with van der Waals surface area (Å²) in [5, 5.41) is 7.49. The van der Waals surface area contributed by atoms with Crippen LogP contribution in [-0.4, -0.2) is 27.3 Å². The molecular weight excluding hydrogens is 442 g/mol. The molecule has 8 nitrogen and oxygen atoms in total. The first-order chi connectivity index (χ1) is 15.4. The number of alkyl halides is 2. The highest BCUT2D eigenvalue weighted by Crippen LogP contribution is 2.33. The Morgan fingerprint density at radius 1 is 1.12 bits per heavy atom. The number of fused-ring (bicyclic) bond motifs is 1. The second kappa shape index (κ2) is 9.10. The number of carbonyl (C=O) groups excluding carboxylic acids is 1. The van der Waals surface area contributed by atoms with Gasteiger partial charge in [0.1, 0.15) is 5.75 Å². The molecule has 2 N–H and O–H groups in total. The average molecular weight is 458 g/mol. The molecule has 2 heterocycles. The number of aromatic nitrogens is 3. The number of thiazole rings is 1. The van der Waals surface area contributed by atoms with E-state index in [1.54, 1.807) is 47.8 Å². The Morgan fingerprint density at radius 3 is 2.62 bits per heavy atom. The van der Waals surface area contributed by atoms with Gasteiger partial charge in [-0.25, -0.2) is 9.67 Å². The van der Waals surface area contributed by atoms with E-state index in [0.717, 1.165) is 16.0 Å². The van der Waals surface area contributed by atoms with Crippen molar-refractivity contribution in [2.45, 2.75) is 19.6 Å². The van der Waals surface area contributed by atoms with Gasteiger partial charge in [0.2, 0.25) is 5.91 Å². The van der Waals surface area contributed by atoms with E-state index < -0.39 is 23.6 Å². The number of amides is 1. The number of carbonyl (C=O) groups is 1. The highest BCUT2D eigenvalue weighted by Gasteiger charge is 2.15. The molecule has 164 valence electrons. The number of halogens is 2. The lowest BCUT2D eigenvalue weighted by Crippen LogP contribution is -2.31. The number of hydrogen-bond acceptors (Lipinski definition) is 6. The number of para-hydroxylation sites is 1. The van der Waals surface area contributed by atoms with Crippen LogP contribution in [-0.2, 0) is 11.3 Å². The van der Waals surface area contributed by atoms with E-state index in [-0.39, 0.29) is 34.6 Å². The Hall–Kier alpha value is -3.86. The van der Waals surface area contributed by atoms with Crippen LogP contribution in [0.1, 0.15) is 6.42 Å². The van der Waals surface area contributed by atoms with Crippen molar-refractivity contribution in [1.29, 1.82) is 0 Å². The highest BCUT2D eigenvalue weighted by molar-refractivity contribution is 7.14. The number of nitrogens with one attached hydrogen (secondary N) is 2. The lowest BCUT2D eigenvalue weighted by molar-refractivity contribution is -0.116. The number of rotatable bonds is 7. The Kier molecular flexibility index (Phi) is 6.08. The van der Waals surface area contributed by atoms with E-state index in [0.29, 0.717) is 11.3 Å². The van der Waals surface area contributed by atoms with Crippen molar-refractivity contribution < 1.29 is 18.3 Å². The zero-order valence-corrected chi connectivity index (χ0v) is 17.2. The number of nitrogens with zero attached hydrogens (tertiary/aromatic N) is 2. The van der Waals surface area contributed by atoms with E-state index in [1.807, 2.05) is 0 Å². The molecule has 0 aliphatic rings. The maximum absolute atomic E-state index is 12.6. The van der Waals surface area contributed by atoms with Crippen LogP contribution in [0.25, 0.3) is 22.0 Å². The molecule has 0 aliphatic heterocycles. The number of aryl methyl sites for hydroxylation is 1. The van der Waals surface area contributed by atoms with Gasteiger partial charge in [-0.2, -0.15) is 8.78 Å². The van der Waals surface area contributed by atoms with Gasteiger partial charge in [-0.15, -0.1) is 11.3 Å². The van der Waals surface area contributed by atoms with Crippen LogP contribution in [0.2, 0.25) is 0 Å². The summed E-state index contributed by atoms with van der Waals surface area (Å²) in [4.78, 5) is 41.2. The molecule has 2 aromatic heterocycles. The van der Waals surface area contributed by atoms with Gasteiger partial charge in [-0.05, 0) is 24.3 Å². The molecule has 4 rings (SSSR count). The van der Waals surface area contributed by atoms with E-state index in [9.17, 15) is 23.2 Å². The van der Waals surface area contributed by atoms with E-state index >= 15 is 0 Å². The van der Waals surface area contributed by atoms with Crippen LogP contribution < -0.4 is 21.2 Å². The van der Waals surface area contributed by atoms with Crippen molar-refractivity contribution >= 4 is 33.1 Å². The zero-order chi connectivity index (χ0) is 22.7. The van der Waals surface area contributed by atoms with Crippen LogP contribution in [0.4, 0.5) is 13.9 Å². The minimum atomic E-state index is -2.97. The molecule has 4 aromatic rings. The van der Waals surface area contributed by atoms with Crippen molar-refractivity contribution in [3.05, 3.63) is 74.6 Å². The van der Waals surface area contributed by atoms with Gasteiger partial charge in [0.05, 0.1) is 23.0 Å². The number of benzene rings is 2. The summed E-state index contributed by atoms with van der Waals surface area (Å²) in [6, 6.07) is 12.6. The summed E-state index contributed by atoms with van der Waals surface area (Å²) in [6.07, 6.45) is -0.0891. The minimum Gasteiger partial charge on any atom is -0.434 e. The van der Waals surface area contributed by atoms with Gasteiger partial charge in [0.25, 0.3) is 11.1 Å². The number of aromatic amines is 1. The first-order valence-electron chi connectivity index (χ1n) is 9.44. The molecule has 0 spiro atoms. The molecule has 0 fully saturated rings. The molecule has 2 aromatic carbocycles. The standard InChI is InChI=1S/C21H16F2N4O4S/c22-20(23)31-16-8-4-3-7-14(16)15-11-32-21(24-15)25-17(28)9-10-27-19(30)13-6-2-1-5-12(13)18(29)26-27/h1-8,11,20H,9-10H2,(H,26,29)(H,24,25,28). The summed E-state index contributed by atoms with van der Waals surface area (Å²) in [5.41, 5.74) is -0.0866. The fourth-order valence-electron chi connectivity index (χ4n) is 3.13. The van der Waals surface area contributed by atoms with Crippen molar-refractivity contribution in [3.8, 4) is 17.0 Å². The van der Waals surface area contributed by atoms with Crippen LogP contribution in [0, 0.1) is 0 Å². The first kappa shape index (κ1) is 21.4. The summed E-state index contributed by atoms with van der Waals surface area (Å²) in [6.45, 7) is -3.01. The summed E-state index contributed by atoms with van der Waals surface area (Å²) in [5.74, 6) is -0.450. The fourth-order valence-corrected chi connectivity index (χ4v) is 3.86. The topological polar surface area (TPSA) is 106 Å². The largest absolute Gasteiger partial charge is 0.434 e. The molecule has 1 amide bonds. The molecule has 32 heavy (non-hydrogen) atoms. The number of anilines is 1. The molecule has 0 unspecified atom stereocenters. The Morgan fingerprint density at radius 2 is 1.84 bits per heavy atom. The monoisotopic (exact) mass is 458 g/mol. The SMILES string of the molecule is O=C(CCn1[nH]c(=O)c2ccccc2c1=O)Nc1nc(-c2ccccc2OC(F)F)cs1. The van der Waals surface area contributed by atoms with Crippen molar-refractivity contribution in [2.24, 2.45) is 0 Å². The van der Waals surface area contributed by atoms with Gasteiger partial charge in [0.15, 0.2) is 5.13 Å². The molecule has 0 saturated carbocycles. The molecular formula is C21H16F2N4O4S. The zero-order valence-electron chi connectivity index (χ0n) is 16.4. The quantitative estimate of drug-likeness (QED) is 0.441. The van der Waals surface area contributed by atoms with Crippen molar-refractivity contribution in [1.82, 2.24) is 14.8 Å². The predicted octanol–water partition coefficient (Wildman–Crippen LogP) is 3.44. The van der Waals surface area contributed by atoms with Crippen LogP contribution >= 0.6 is 11.3 Å². The maximum atomic E-state index is 12.6. The molecule has 0 saturated heterocycles. The lowest BCUT2D eigenvalue weighted by atomic mass is 10.1. The molecule has 0 bridgehead atoms. The second-order valence-corrected chi connectivity index (χ2v) is 7.51. The summed E-state index contributed by atoms with van der Waals surface area (Å²) < 4.78 is 30.8. The smallest absolute Gasteiger partial charge is 0.387 e. The lowest BCUT2D eigenvalue weighted by Gasteiger charge is -2.08. The number of ether oxygens (including phenoxy) is 1. The highest BCUT2D eigenvalue weighted by atomic mass is 32.1. The third-order valence-corrected chi connectivity index (χ3v) is 5.33. The van der Waals surface area contributed by atoms with Gasteiger partial charge in [-0.3, -0.25) is 19.5 Å². The van der Waals surface area contributed by atoms with Crippen LogP contribution in [0.15, 0.2) is 63.5 Å². The van der Waals surface area contributed by atoms with Crippen molar-refractivity contribution in [3.63, 3.8) is 0 Å². The maximum Gasteiger partial charge on any atom is 0.387 e. The summed E-state index contributed by atoms with van der Waals surface area (Å²) >= 11 is 1.12. The summed E-state index contributed by atoms with van der Waals surface area (Å²) in [7, 11) is 0. The van der Waals surface area contributed by atoms with Gasteiger partial charge >= 0.3 is 6.61 Å². The number of hydrogen-bond donors (Lipinski definition) is 2. The number of H-pyrrole nitrogens is 1. The second-order valence-electron chi connectivity index (χ2n) is 6.65.